The van der Waals surface area contributed by atoms with Gasteiger partial charge < -0.3 is 20.6 Å². The van der Waals surface area contributed by atoms with Gasteiger partial charge in [-0.05, 0) is 18.6 Å². The number of nitrogens with zero attached hydrogens (tertiary/aromatic N) is 3. The Hall–Kier alpha value is -2.42. The van der Waals surface area contributed by atoms with E-state index in [-0.39, 0.29) is 18.3 Å². The highest BCUT2D eigenvalue weighted by atomic mass is 32.2. The molecule has 8 nitrogen and oxygen atoms in total. The summed E-state index contributed by atoms with van der Waals surface area (Å²) >= 11 is 1.24. The molecule has 9 heteroatoms. The molecule has 0 aliphatic heterocycles. The second-order valence-electron chi connectivity index (χ2n) is 5.23. The van der Waals surface area contributed by atoms with Crippen LogP contribution in [0.1, 0.15) is 25.6 Å². The molecule has 1 amide bonds. The predicted octanol–water partition coefficient (Wildman–Crippen LogP) is 1.59. The monoisotopic (exact) mass is 365 g/mol. The van der Waals surface area contributed by atoms with E-state index in [0.717, 1.165) is 12.8 Å². The highest BCUT2D eigenvalue weighted by molar-refractivity contribution is 7.99. The number of rotatable bonds is 10. The van der Waals surface area contributed by atoms with Gasteiger partial charge in [-0.15, -0.1) is 10.2 Å². The summed E-state index contributed by atoms with van der Waals surface area (Å²) < 4.78 is 12.1. The van der Waals surface area contributed by atoms with Gasteiger partial charge in [0, 0.05) is 12.6 Å². The van der Waals surface area contributed by atoms with Crippen LogP contribution < -0.4 is 20.6 Å². The number of nitrogens with two attached hydrogens (primary N) is 1. The van der Waals surface area contributed by atoms with Crippen LogP contribution in [0.2, 0.25) is 0 Å². The molecule has 0 spiro atoms. The molecule has 0 aliphatic rings. The van der Waals surface area contributed by atoms with Crippen LogP contribution in [-0.2, 0) is 11.4 Å². The van der Waals surface area contributed by atoms with Crippen LogP contribution in [0.4, 0.5) is 0 Å². The van der Waals surface area contributed by atoms with Crippen LogP contribution in [0.5, 0.6) is 11.5 Å². The van der Waals surface area contributed by atoms with E-state index in [1.54, 1.807) is 13.2 Å². The second-order valence-corrected chi connectivity index (χ2v) is 6.17. The molecule has 0 saturated carbocycles. The number of benzene rings is 1. The molecule has 2 aromatic rings. The zero-order chi connectivity index (χ0) is 18.1. The fourth-order valence-electron chi connectivity index (χ4n) is 1.93. The maximum Gasteiger partial charge on any atom is 0.230 e. The summed E-state index contributed by atoms with van der Waals surface area (Å²) in [5, 5.41) is 11.3. The lowest BCUT2D eigenvalue weighted by Gasteiger charge is -2.07. The average molecular weight is 365 g/mol. The molecule has 1 aromatic carbocycles. The van der Waals surface area contributed by atoms with Crippen LogP contribution in [-0.4, -0.2) is 40.2 Å². The fourth-order valence-corrected chi connectivity index (χ4v) is 2.63. The first kappa shape index (κ1) is 18.9. The normalized spacial score (nSPS) is 10.5. The Morgan fingerprint density at radius 1 is 1.36 bits per heavy atom. The van der Waals surface area contributed by atoms with Gasteiger partial charge >= 0.3 is 0 Å². The minimum atomic E-state index is -0.0457. The Morgan fingerprint density at radius 3 is 2.92 bits per heavy atom. The lowest BCUT2D eigenvalue weighted by atomic mass is 10.3. The van der Waals surface area contributed by atoms with E-state index >= 15 is 0 Å². The van der Waals surface area contributed by atoms with Gasteiger partial charge in [-0.25, -0.2) is 4.68 Å². The Balaban J connectivity index is 1.84. The summed E-state index contributed by atoms with van der Waals surface area (Å²) in [6.07, 6.45) is 2.01. The highest BCUT2D eigenvalue weighted by Crippen LogP contribution is 2.20. The molecule has 2 rings (SSSR count). The van der Waals surface area contributed by atoms with Crippen molar-refractivity contribution in [1.82, 2.24) is 20.2 Å². The first-order valence-electron chi connectivity index (χ1n) is 7.99. The van der Waals surface area contributed by atoms with Crippen molar-refractivity contribution in [2.24, 2.45) is 0 Å². The average Bonchev–Trinajstić information content (AvgIpc) is 2.98. The van der Waals surface area contributed by atoms with Crippen molar-refractivity contribution in [1.29, 1.82) is 0 Å². The Kier molecular flexibility index (Phi) is 7.39. The van der Waals surface area contributed by atoms with Crippen molar-refractivity contribution in [2.75, 3.05) is 25.3 Å². The third-order valence-corrected chi connectivity index (χ3v) is 4.27. The molecular formula is C16H23N5O3S. The quantitative estimate of drug-likeness (QED) is 0.374. The van der Waals surface area contributed by atoms with Gasteiger partial charge in [-0.2, -0.15) is 0 Å². The molecule has 1 heterocycles. The van der Waals surface area contributed by atoms with E-state index in [1.165, 1.54) is 16.4 Å². The third-order valence-electron chi connectivity index (χ3n) is 3.33. The largest absolute Gasteiger partial charge is 0.497 e. The van der Waals surface area contributed by atoms with Gasteiger partial charge in [0.25, 0.3) is 0 Å². The van der Waals surface area contributed by atoms with Gasteiger partial charge in [0.2, 0.25) is 11.1 Å². The van der Waals surface area contributed by atoms with Crippen LogP contribution in [0, 0.1) is 0 Å². The maximum absolute atomic E-state index is 11.7. The molecule has 0 fully saturated rings. The molecule has 1 aromatic heterocycles. The van der Waals surface area contributed by atoms with Crippen LogP contribution >= 0.6 is 11.8 Å². The molecule has 0 saturated heterocycles. The van der Waals surface area contributed by atoms with E-state index in [2.05, 4.69) is 22.4 Å². The topological polar surface area (TPSA) is 104 Å². The lowest BCUT2D eigenvalue weighted by molar-refractivity contribution is -0.118. The lowest BCUT2D eigenvalue weighted by Crippen LogP contribution is -2.26. The van der Waals surface area contributed by atoms with Gasteiger partial charge in [0.05, 0.1) is 12.9 Å². The Morgan fingerprint density at radius 2 is 2.16 bits per heavy atom. The standard InChI is InChI=1S/C16H23N5O3S/c1-3-4-8-18-15(22)11-25-16-20-19-14(21(16)17)10-24-13-7-5-6-12(9-13)23-2/h5-7,9H,3-4,8,10-11,17H2,1-2H3,(H,18,22). The number of nitrogen functional groups attached to an aromatic ring is 1. The fraction of sp³-hybridized carbons (Fsp3) is 0.438. The van der Waals surface area contributed by atoms with Crippen LogP contribution in [0.15, 0.2) is 29.4 Å². The van der Waals surface area contributed by atoms with E-state index in [0.29, 0.717) is 29.0 Å². The minimum Gasteiger partial charge on any atom is -0.497 e. The predicted molar refractivity (Wildman–Crippen MR) is 96.1 cm³/mol. The van der Waals surface area contributed by atoms with Crippen molar-refractivity contribution in [3.8, 4) is 11.5 Å². The molecule has 25 heavy (non-hydrogen) atoms. The van der Waals surface area contributed by atoms with E-state index in [1.807, 2.05) is 18.2 Å². The molecule has 0 aliphatic carbocycles. The summed E-state index contributed by atoms with van der Waals surface area (Å²) in [6.45, 7) is 2.93. The number of ether oxygens (including phenoxy) is 2. The number of hydrogen-bond donors (Lipinski definition) is 2. The second kappa shape index (κ2) is 9.77. The van der Waals surface area contributed by atoms with E-state index in [9.17, 15) is 4.79 Å². The summed E-state index contributed by atoms with van der Waals surface area (Å²) in [7, 11) is 1.59. The summed E-state index contributed by atoms with van der Waals surface area (Å²) in [4.78, 5) is 11.7. The van der Waals surface area contributed by atoms with E-state index < -0.39 is 0 Å². The zero-order valence-corrected chi connectivity index (χ0v) is 15.2. The number of hydrogen-bond acceptors (Lipinski definition) is 7. The Labute approximate surface area is 151 Å². The van der Waals surface area contributed by atoms with Crippen LogP contribution in [0.3, 0.4) is 0 Å². The Bertz CT molecular complexity index is 692. The number of methoxy groups -OCH3 is 1. The molecule has 136 valence electrons. The number of carbonyl (C=O) groups is 1. The van der Waals surface area contributed by atoms with E-state index in [4.69, 9.17) is 15.3 Å². The molecule has 3 N–H and O–H groups in total. The number of nitrogens with one attached hydrogen (secondary N) is 1. The molecule has 0 bridgehead atoms. The van der Waals surface area contributed by atoms with Crippen LogP contribution in [0.25, 0.3) is 0 Å². The number of carbonyl (C=O) groups excluding carboxylic acids is 1. The van der Waals surface area contributed by atoms with Gasteiger partial charge in [-0.3, -0.25) is 4.79 Å². The summed E-state index contributed by atoms with van der Waals surface area (Å²) in [6, 6.07) is 7.25. The number of thioether (sulfide) groups is 1. The molecule has 0 atom stereocenters. The van der Waals surface area contributed by atoms with Crippen molar-refractivity contribution < 1.29 is 14.3 Å². The van der Waals surface area contributed by atoms with Crippen molar-refractivity contribution in [3.05, 3.63) is 30.1 Å². The summed E-state index contributed by atoms with van der Waals surface area (Å²) in [5.41, 5.74) is 0. The zero-order valence-electron chi connectivity index (χ0n) is 14.4. The number of amides is 1. The van der Waals surface area contributed by atoms with Gasteiger partial charge in [0.15, 0.2) is 5.82 Å². The number of unbranched alkanes of at least 4 members (excludes halogenated alkanes) is 1. The van der Waals surface area contributed by atoms with Crippen molar-refractivity contribution in [2.45, 2.75) is 31.5 Å². The molecular weight excluding hydrogens is 342 g/mol. The maximum atomic E-state index is 11.7. The number of aromatic nitrogens is 3. The minimum absolute atomic E-state index is 0.0457. The van der Waals surface area contributed by atoms with Crippen molar-refractivity contribution in [3.63, 3.8) is 0 Å². The van der Waals surface area contributed by atoms with Gasteiger partial charge in [-0.1, -0.05) is 31.2 Å². The first-order valence-corrected chi connectivity index (χ1v) is 8.98. The SMILES string of the molecule is CCCCNC(=O)CSc1nnc(COc2cccc(OC)c2)n1N. The highest BCUT2D eigenvalue weighted by Gasteiger charge is 2.12. The molecule has 0 unspecified atom stereocenters. The van der Waals surface area contributed by atoms with Crippen molar-refractivity contribution >= 4 is 17.7 Å². The third kappa shape index (κ3) is 5.86. The van der Waals surface area contributed by atoms with Gasteiger partial charge in [0.1, 0.15) is 18.1 Å². The summed E-state index contributed by atoms with van der Waals surface area (Å²) in [5.74, 6) is 7.99. The smallest absolute Gasteiger partial charge is 0.230 e. The molecule has 0 radical (unpaired) electrons. The first-order chi connectivity index (χ1) is 12.1.